The molecule has 0 aromatic rings. The second-order valence-electron chi connectivity index (χ2n) is 13.2. The standard InChI is InChI=1S/C32H52O8.2C2H6/c1-5-9-26(24(6-2)28(33)34)30(37)39-22-16-12-20(13-17-22)32(3,4)21-14-18-23(19-15-21)40-31(38)27-11-8-7-10-25(27)29(35)36;2*1-2/h20-27H,5-19H2,1-4H3,(H,33,34)(H,35,36);2*1-2H3. The predicted molar refractivity (Wildman–Crippen MR) is 173 cm³/mol. The Kier molecular flexibility index (Phi) is 18.2. The van der Waals surface area contributed by atoms with Crippen LogP contribution in [-0.2, 0) is 28.7 Å². The van der Waals surface area contributed by atoms with E-state index in [4.69, 9.17) is 9.47 Å². The van der Waals surface area contributed by atoms with Crippen molar-refractivity contribution >= 4 is 23.9 Å². The molecule has 0 aliphatic heterocycles. The maximum absolute atomic E-state index is 12.9. The quantitative estimate of drug-likeness (QED) is 0.206. The van der Waals surface area contributed by atoms with Gasteiger partial charge >= 0.3 is 23.9 Å². The van der Waals surface area contributed by atoms with Crippen LogP contribution in [0.5, 0.6) is 0 Å². The summed E-state index contributed by atoms with van der Waals surface area (Å²) in [6, 6.07) is 0. The van der Waals surface area contributed by atoms with E-state index in [9.17, 15) is 29.4 Å². The molecular formula is C36H64O8. The lowest BCUT2D eigenvalue weighted by Gasteiger charge is -2.46. The van der Waals surface area contributed by atoms with Crippen LogP contribution < -0.4 is 0 Å². The third kappa shape index (κ3) is 11.0. The van der Waals surface area contributed by atoms with Crippen molar-refractivity contribution < 1.29 is 38.9 Å². The summed E-state index contributed by atoms with van der Waals surface area (Å²) in [5.41, 5.74) is 0.114. The molecule has 8 nitrogen and oxygen atoms in total. The highest BCUT2D eigenvalue weighted by Gasteiger charge is 2.43. The molecule has 0 aromatic heterocycles. The molecule has 0 bridgehead atoms. The van der Waals surface area contributed by atoms with Crippen LogP contribution in [0.2, 0.25) is 0 Å². The summed E-state index contributed by atoms with van der Waals surface area (Å²) in [7, 11) is 0. The molecule has 256 valence electrons. The molecule has 3 aliphatic rings. The van der Waals surface area contributed by atoms with Gasteiger partial charge in [-0.15, -0.1) is 0 Å². The number of carboxylic acids is 2. The Balaban J connectivity index is 0.00000232. The number of rotatable bonds is 12. The van der Waals surface area contributed by atoms with E-state index < -0.39 is 35.6 Å². The van der Waals surface area contributed by atoms with Gasteiger partial charge in [0, 0.05) is 0 Å². The summed E-state index contributed by atoms with van der Waals surface area (Å²) in [5.74, 6) is -3.87. The molecular weight excluding hydrogens is 560 g/mol. The summed E-state index contributed by atoms with van der Waals surface area (Å²) in [6.45, 7) is 16.5. The summed E-state index contributed by atoms with van der Waals surface area (Å²) in [5, 5.41) is 19.1. The number of esters is 2. The Labute approximate surface area is 267 Å². The first kappa shape index (κ1) is 39.9. The second-order valence-corrected chi connectivity index (χ2v) is 13.2. The smallest absolute Gasteiger partial charge is 0.310 e. The van der Waals surface area contributed by atoms with Gasteiger partial charge < -0.3 is 19.7 Å². The van der Waals surface area contributed by atoms with Crippen molar-refractivity contribution in [3.8, 4) is 0 Å². The van der Waals surface area contributed by atoms with Crippen LogP contribution in [0, 0.1) is 40.9 Å². The van der Waals surface area contributed by atoms with Crippen LogP contribution in [0.15, 0.2) is 0 Å². The van der Waals surface area contributed by atoms with E-state index in [0.717, 1.165) is 70.6 Å². The van der Waals surface area contributed by atoms with Gasteiger partial charge in [-0.3, -0.25) is 19.2 Å². The SMILES string of the molecule is CC.CC.CCCC(C(=O)OC1CCC(C(C)(C)C2CCC(OC(=O)C3CCCCC3C(=O)O)CC2)CC1)C(CC)C(=O)O. The lowest BCUT2D eigenvalue weighted by atomic mass is 9.60. The van der Waals surface area contributed by atoms with E-state index in [1.165, 1.54) is 0 Å². The third-order valence-electron chi connectivity index (χ3n) is 10.5. The molecule has 44 heavy (non-hydrogen) atoms. The Morgan fingerprint density at radius 3 is 1.55 bits per heavy atom. The van der Waals surface area contributed by atoms with Gasteiger partial charge in [-0.05, 0) is 94.3 Å². The highest BCUT2D eigenvalue weighted by Crippen LogP contribution is 2.49. The number of carbonyl (C=O) groups is 4. The molecule has 3 aliphatic carbocycles. The van der Waals surface area contributed by atoms with E-state index in [-0.39, 0.29) is 29.6 Å². The summed E-state index contributed by atoms with van der Waals surface area (Å²) < 4.78 is 11.7. The molecule has 0 radical (unpaired) electrons. The first-order chi connectivity index (χ1) is 21.0. The first-order valence-corrected chi connectivity index (χ1v) is 17.9. The van der Waals surface area contributed by atoms with Gasteiger partial charge in [0.1, 0.15) is 12.2 Å². The van der Waals surface area contributed by atoms with Crippen LogP contribution in [0.4, 0.5) is 0 Å². The van der Waals surface area contributed by atoms with Gasteiger partial charge in [0.25, 0.3) is 0 Å². The van der Waals surface area contributed by atoms with Gasteiger partial charge in [-0.2, -0.15) is 0 Å². The van der Waals surface area contributed by atoms with E-state index in [2.05, 4.69) is 13.8 Å². The van der Waals surface area contributed by atoms with Crippen molar-refractivity contribution in [3.05, 3.63) is 0 Å². The number of hydrogen-bond donors (Lipinski definition) is 2. The number of hydrogen-bond acceptors (Lipinski definition) is 6. The first-order valence-electron chi connectivity index (χ1n) is 17.9. The number of carboxylic acid groups (broad SMARTS) is 2. The molecule has 0 aromatic carbocycles. The Morgan fingerprint density at radius 2 is 1.14 bits per heavy atom. The normalized spacial score (nSPS) is 28.5. The van der Waals surface area contributed by atoms with Gasteiger partial charge in [-0.25, -0.2) is 0 Å². The van der Waals surface area contributed by atoms with Crippen molar-refractivity contribution in [3.63, 3.8) is 0 Å². The van der Waals surface area contributed by atoms with Crippen LogP contribution in [-0.4, -0.2) is 46.3 Å². The highest BCUT2D eigenvalue weighted by molar-refractivity contribution is 5.82. The molecule has 0 spiro atoms. The lowest BCUT2D eigenvalue weighted by molar-refractivity contribution is -0.166. The zero-order valence-electron chi connectivity index (χ0n) is 29.1. The summed E-state index contributed by atoms with van der Waals surface area (Å²) >= 11 is 0. The molecule has 2 N–H and O–H groups in total. The molecule has 0 saturated heterocycles. The van der Waals surface area contributed by atoms with Crippen molar-refractivity contribution in [2.45, 2.75) is 164 Å². The average molecular weight is 625 g/mol. The molecule has 3 rings (SSSR count). The fourth-order valence-electron chi connectivity index (χ4n) is 7.82. The largest absolute Gasteiger partial charge is 0.481 e. The van der Waals surface area contributed by atoms with Crippen molar-refractivity contribution in [1.29, 1.82) is 0 Å². The Morgan fingerprint density at radius 1 is 0.682 bits per heavy atom. The van der Waals surface area contributed by atoms with E-state index in [1.54, 1.807) is 0 Å². The van der Waals surface area contributed by atoms with Crippen molar-refractivity contribution in [1.82, 2.24) is 0 Å². The summed E-state index contributed by atoms with van der Waals surface area (Å²) in [4.78, 5) is 49.1. The van der Waals surface area contributed by atoms with Crippen LogP contribution >= 0.6 is 0 Å². The fourth-order valence-corrected chi connectivity index (χ4v) is 7.82. The van der Waals surface area contributed by atoms with Gasteiger partial charge in [-0.1, -0.05) is 74.7 Å². The second kappa shape index (κ2) is 20.1. The van der Waals surface area contributed by atoms with E-state index >= 15 is 0 Å². The van der Waals surface area contributed by atoms with Crippen LogP contribution in [0.3, 0.4) is 0 Å². The van der Waals surface area contributed by atoms with Gasteiger partial charge in [0.2, 0.25) is 0 Å². The highest BCUT2D eigenvalue weighted by atomic mass is 16.5. The van der Waals surface area contributed by atoms with E-state index in [0.29, 0.717) is 37.5 Å². The number of carbonyl (C=O) groups excluding carboxylic acids is 2. The molecule has 8 heteroatoms. The molecule has 0 amide bonds. The number of ether oxygens (including phenoxy) is 2. The lowest BCUT2D eigenvalue weighted by Crippen LogP contribution is -2.41. The Bertz CT molecular complexity index is 867. The topological polar surface area (TPSA) is 127 Å². The van der Waals surface area contributed by atoms with Crippen LogP contribution in [0.25, 0.3) is 0 Å². The minimum atomic E-state index is -0.925. The van der Waals surface area contributed by atoms with Crippen molar-refractivity contribution in [2.75, 3.05) is 0 Å². The van der Waals surface area contributed by atoms with Crippen molar-refractivity contribution in [2.24, 2.45) is 40.9 Å². The summed E-state index contributed by atoms with van der Waals surface area (Å²) in [6.07, 6.45) is 11.5. The monoisotopic (exact) mass is 624 g/mol. The maximum atomic E-state index is 12.9. The zero-order valence-corrected chi connectivity index (χ0v) is 29.1. The number of aliphatic carboxylic acids is 2. The molecule has 4 unspecified atom stereocenters. The Hall–Kier alpha value is -2.12. The van der Waals surface area contributed by atoms with E-state index in [1.807, 2.05) is 41.5 Å². The predicted octanol–water partition coefficient (Wildman–Crippen LogP) is 8.69. The fraction of sp³-hybridized carbons (Fsp3) is 0.889. The molecule has 3 fully saturated rings. The zero-order chi connectivity index (χ0) is 33.4. The molecule has 0 heterocycles. The molecule has 4 atom stereocenters. The minimum Gasteiger partial charge on any atom is -0.481 e. The maximum Gasteiger partial charge on any atom is 0.310 e. The average Bonchev–Trinajstić information content (AvgIpc) is 3.03. The van der Waals surface area contributed by atoms with Crippen LogP contribution in [0.1, 0.15) is 152 Å². The van der Waals surface area contributed by atoms with Gasteiger partial charge in [0.15, 0.2) is 0 Å². The minimum absolute atomic E-state index is 0.114. The third-order valence-corrected chi connectivity index (χ3v) is 10.5. The van der Waals surface area contributed by atoms with Gasteiger partial charge in [0.05, 0.1) is 23.7 Å². The molecule has 3 saturated carbocycles.